The molecule has 0 aliphatic rings. The number of benzene rings is 3. The summed E-state index contributed by atoms with van der Waals surface area (Å²) in [5.74, 6) is 0.322. The van der Waals surface area contributed by atoms with E-state index in [1.54, 1.807) is 24.3 Å². The second kappa shape index (κ2) is 6.63. The van der Waals surface area contributed by atoms with Crippen LogP contribution in [-0.4, -0.2) is 12.5 Å². The van der Waals surface area contributed by atoms with E-state index < -0.39 is 0 Å². The Balaban J connectivity index is 1.65. The van der Waals surface area contributed by atoms with Crippen LogP contribution in [0.15, 0.2) is 66.7 Å². The lowest BCUT2D eigenvalue weighted by Gasteiger charge is -2.10. The quantitative estimate of drug-likeness (QED) is 0.798. The van der Waals surface area contributed by atoms with Gasteiger partial charge in [0.05, 0.1) is 11.6 Å². The number of nitrogens with one attached hydrogen (secondary N) is 1. The number of hydrogen-bond donors (Lipinski definition) is 1. The summed E-state index contributed by atoms with van der Waals surface area (Å²) in [6.45, 7) is -0.0882. The molecule has 112 valence electrons. The lowest BCUT2D eigenvalue weighted by atomic mass is 10.1. The van der Waals surface area contributed by atoms with Gasteiger partial charge in [-0.15, -0.1) is 0 Å². The molecule has 0 bridgehead atoms. The fourth-order valence-corrected chi connectivity index (χ4v) is 2.30. The SMILES string of the molecule is N#Cc1ccc(OCC(=O)Nc2cccc3ccccc23)cc1. The Bertz CT molecular complexity index is 875. The Morgan fingerprint density at radius 1 is 1.00 bits per heavy atom. The molecule has 0 aliphatic carbocycles. The Labute approximate surface area is 133 Å². The first-order chi connectivity index (χ1) is 11.3. The zero-order chi connectivity index (χ0) is 16.1. The summed E-state index contributed by atoms with van der Waals surface area (Å²) in [4.78, 5) is 12.1. The van der Waals surface area contributed by atoms with Crippen LogP contribution in [0.1, 0.15) is 5.56 Å². The molecule has 0 atom stereocenters. The molecule has 4 heteroatoms. The van der Waals surface area contributed by atoms with Crippen LogP contribution in [0.5, 0.6) is 5.75 Å². The number of carbonyl (C=O) groups is 1. The van der Waals surface area contributed by atoms with Crippen molar-refractivity contribution in [3.63, 3.8) is 0 Å². The van der Waals surface area contributed by atoms with E-state index in [9.17, 15) is 4.79 Å². The van der Waals surface area contributed by atoms with Gasteiger partial charge in [-0.25, -0.2) is 0 Å². The van der Waals surface area contributed by atoms with Crippen LogP contribution < -0.4 is 10.1 Å². The minimum atomic E-state index is -0.231. The molecule has 0 heterocycles. The second-order valence-electron chi connectivity index (χ2n) is 5.00. The Morgan fingerprint density at radius 2 is 1.74 bits per heavy atom. The van der Waals surface area contributed by atoms with Crippen molar-refractivity contribution in [2.45, 2.75) is 0 Å². The maximum absolute atomic E-state index is 12.1. The molecular weight excluding hydrogens is 288 g/mol. The van der Waals surface area contributed by atoms with Crippen molar-refractivity contribution in [1.82, 2.24) is 0 Å². The molecule has 0 radical (unpaired) electrons. The third kappa shape index (κ3) is 3.47. The summed E-state index contributed by atoms with van der Waals surface area (Å²) in [7, 11) is 0. The molecule has 0 saturated carbocycles. The lowest BCUT2D eigenvalue weighted by molar-refractivity contribution is -0.118. The maximum Gasteiger partial charge on any atom is 0.262 e. The number of fused-ring (bicyclic) bond motifs is 1. The summed E-state index contributed by atoms with van der Waals surface area (Å²) in [5, 5.41) is 13.7. The first kappa shape index (κ1) is 14.6. The summed E-state index contributed by atoms with van der Waals surface area (Å²) >= 11 is 0. The molecule has 0 aliphatic heterocycles. The molecule has 0 spiro atoms. The fraction of sp³-hybridized carbons (Fsp3) is 0.0526. The maximum atomic E-state index is 12.1. The van der Waals surface area contributed by atoms with Crippen LogP contribution in [0.3, 0.4) is 0 Å². The number of amides is 1. The van der Waals surface area contributed by atoms with Crippen LogP contribution in [0.2, 0.25) is 0 Å². The standard InChI is InChI=1S/C19H14N2O2/c20-12-14-8-10-16(11-9-14)23-13-19(22)21-18-7-3-5-15-4-1-2-6-17(15)18/h1-11H,13H2,(H,21,22). The predicted octanol–water partition coefficient (Wildman–Crippen LogP) is 3.73. The van der Waals surface area contributed by atoms with E-state index in [2.05, 4.69) is 5.32 Å². The normalized spacial score (nSPS) is 10.0. The Morgan fingerprint density at radius 3 is 2.52 bits per heavy atom. The molecule has 0 aromatic heterocycles. The first-order valence-electron chi connectivity index (χ1n) is 7.17. The topological polar surface area (TPSA) is 62.1 Å². The van der Waals surface area contributed by atoms with E-state index in [0.717, 1.165) is 16.5 Å². The van der Waals surface area contributed by atoms with Crippen LogP contribution >= 0.6 is 0 Å². The third-order valence-electron chi connectivity index (χ3n) is 3.42. The highest BCUT2D eigenvalue weighted by atomic mass is 16.5. The van der Waals surface area contributed by atoms with E-state index in [0.29, 0.717) is 11.3 Å². The first-order valence-corrected chi connectivity index (χ1v) is 7.17. The largest absolute Gasteiger partial charge is 0.484 e. The van der Waals surface area contributed by atoms with Gasteiger partial charge in [-0.3, -0.25) is 4.79 Å². The van der Waals surface area contributed by atoms with Crippen LogP contribution in [0, 0.1) is 11.3 Å². The molecule has 3 aromatic rings. The molecule has 1 N–H and O–H groups in total. The van der Waals surface area contributed by atoms with Crippen molar-refractivity contribution in [2.75, 3.05) is 11.9 Å². The molecule has 23 heavy (non-hydrogen) atoms. The van der Waals surface area contributed by atoms with Gasteiger partial charge < -0.3 is 10.1 Å². The van der Waals surface area contributed by atoms with Gasteiger partial charge in [0.1, 0.15) is 5.75 Å². The van der Waals surface area contributed by atoms with Crippen LogP contribution in [0.4, 0.5) is 5.69 Å². The smallest absolute Gasteiger partial charge is 0.262 e. The van der Waals surface area contributed by atoms with E-state index in [-0.39, 0.29) is 12.5 Å². The summed E-state index contributed by atoms with van der Waals surface area (Å²) in [6.07, 6.45) is 0. The molecule has 4 nitrogen and oxygen atoms in total. The monoisotopic (exact) mass is 302 g/mol. The minimum absolute atomic E-state index is 0.0882. The van der Waals surface area contributed by atoms with Crippen molar-refractivity contribution in [2.24, 2.45) is 0 Å². The number of carbonyl (C=O) groups excluding carboxylic acids is 1. The van der Waals surface area contributed by atoms with Gasteiger partial charge in [-0.1, -0.05) is 36.4 Å². The molecule has 3 aromatic carbocycles. The van der Waals surface area contributed by atoms with Crippen molar-refractivity contribution < 1.29 is 9.53 Å². The number of nitrogens with zero attached hydrogens (tertiary/aromatic N) is 1. The number of rotatable bonds is 4. The summed E-state index contributed by atoms with van der Waals surface area (Å²) in [6, 6.07) is 22.3. The van der Waals surface area contributed by atoms with E-state index in [1.165, 1.54) is 0 Å². The number of hydrogen-bond acceptors (Lipinski definition) is 3. The Hall–Kier alpha value is -3.32. The molecular formula is C19H14N2O2. The molecule has 0 saturated heterocycles. The van der Waals surface area contributed by atoms with Gasteiger partial charge in [0.15, 0.2) is 6.61 Å². The van der Waals surface area contributed by atoms with E-state index in [4.69, 9.17) is 10.00 Å². The summed E-state index contributed by atoms with van der Waals surface area (Å²) in [5.41, 5.74) is 1.31. The Kier molecular flexibility index (Phi) is 4.21. The number of ether oxygens (including phenoxy) is 1. The van der Waals surface area contributed by atoms with Crippen molar-refractivity contribution >= 4 is 22.4 Å². The van der Waals surface area contributed by atoms with Gasteiger partial charge in [-0.05, 0) is 35.7 Å². The zero-order valence-electron chi connectivity index (χ0n) is 12.3. The van der Waals surface area contributed by atoms with Gasteiger partial charge in [0.2, 0.25) is 0 Å². The van der Waals surface area contributed by atoms with Crippen molar-refractivity contribution in [3.8, 4) is 11.8 Å². The van der Waals surface area contributed by atoms with E-state index in [1.807, 2.05) is 48.5 Å². The molecule has 1 amide bonds. The lowest BCUT2D eigenvalue weighted by Crippen LogP contribution is -2.20. The molecule has 0 unspecified atom stereocenters. The molecule has 3 rings (SSSR count). The van der Waals surface area contributed by atoms with Gasteiger partial charge in [0.25, 0.3) is 5.91 Å². The van der Waals surface area contributed by atoms with Crippen molar-refractivity contribution in [1.29, 1.82) is 5.26 Å². The predicted molar refractivity (Wildman–Crippen MR) is 89.2 cm³/mol. The highest BCUT2D eigenvalue weighted by Crippen LogP contribution is 2.22. The minimum Gasteiger partial charge on any atom is -0.484 e. The third-order valence-corrected chi connectivity index (χ3v) is 3.42. The van der Waals surface area contributed by atoms with E-state index >= 15 is 0 Å². The highest BCUT2D eigenvalue weighted by molar-refractivity contribution is 6.02. The number of nitriles is 1. The van der Waals surface area contributed by atoms with Gasteiger partial charge in [-0.2, -0.15) is 5.26 Å². The number of anilines is 1. The van der Waals surface area contributed by atoms with Gasteiger partial charge in [0, 0.05) is 11.1 Å². The second-order valence-corrected chi connectivity index (χ2v) is 5.00. The average molecular weight is 302 g/mol. The van der Waals surface area contributed by atoms with Crippen LogP contribution in [-0.2, 0) is 4.79 Å². The average Bonchev–Trinajstić information content (AvgIpc) is 2.61. The highest BCUT2D eigenvalue weighted by Gasteiger charge is 2.06. The zero-order valence-corrected chi connectivity index (χ0v) is 12.3. The van der Waals surface area contributed by atoms with Crippen molar-refractivity contribution in [3.05, 3.63) is 72.3 Å². The van der Waals surface area contributed by atoms with Gasteiger partial charge >= 0.3 is 0 Å². The molecule has 0 fully saturated rings. The fourth-order valence-electron chi connectivity index (χ4n) is 2.30. The van der Waals surface area contributed by atoms with Crippen LogP contribution in [0.25, 0.3) is 10.8 Å². The summed E-state index contributed by atoms with van der Waals surface area (Å²) < 4.78 is 5.43.